The first-order valence-electron chi connectivity index (χ1n) is 8.08. The molecule has 0 unspecified atom stereocenters. The van der Waals surface area contributed by atoms with E-state index in [0.29, 0.717) is 6.54 Å². The standard InChI is InChI=1S/C18H18N4OS/c23-18(22-10-2-6-16(22)17-19-8-11-24-17)15-5-1-4-14(12-15)13-21-9-3-7-20-21/h1,3-5,7-9,11-12,16H,2,6,10,13H2/t16-/m1/s1. The van der Waals surface area contributed by atoms with Crippen molar-refractivity contribution in [2.45, 2.75) is 25.4 Å². The van der Waals surface area contributed by atoms with E-state index in [9.17, 15) is 4.79 Å². The Morgan fingerprint density at radius 3 is 3.04 bits per heavy atom. The zero-order chi connectivity index (χ0) is 16.4. The van der Waals surface area contributed by atoms with Crippen molar-refractivity contribution in [3.05, 3.63) is 70.4 Å². The van der Waals surface area contributed by atoms with Gasteiger partial charge in [0, 0.05) is 36.1 Å². The minimum atomic E-state index is 0.0926. The fourth-order valence-corrected chi connectivity index (χ4v) is 4.00. The number of nitrogens with zero attached hydrogens (tertiary/aromatic N) is 4. The molecular formula is C18H18N4OS. The Hall–Kier alpha value is -2.47. The number of likely N-dealkylation sites (tertiary alicyclic amines) is 1. The number of thiazole rings is 1. The van der Waals surface area contributed by atoms with Crippen molar-refractivity contribution in [1.82, 2.24) is 19.7 Å². The van der Waals surface area contributed by atoms with E-state index in [2.05, 4.69) is 10.1 Å². The molecule has 0 aliphatic carbocycles. The third kappa shape index (κ3) is 2.97. The Morgan fingerprint density at radius 2 is 2.25 bits per heavy atom. The third-order valence-corrected chi connectivity index (χ3v) is 5.20. The van der Waals surface area contributed by atoms with Gasteiger partial charge in [-0.2, -0.15) is 5.10 Å². The number of hydrogen-bond acceptors (Lipinski definition) is 4. The zero-order valence-corrected chi connectivity index (χ0v) is 14.0. The van der Waals surface area contributed by atoms with Crippen LogP contribution in [0.2, 0.25) is 0 Å². The molecule has 3 heterocycles. The van der Waals surface area contributed by atoms with Gasteiger partial charge >= 0.3 is 0 Å². The molecule has 1 aliphatic rings. The summed E-state index contributed by atoms with van der Waals surface area (Å²) in [5.41, 5.74) is 1.82. The van der Waals surface area contributed by atoms with Crippen LogP contribution >= 0.6 is 11.3 Å². The van der Waals surface area contributed by atoms with E-state index in [-0.39, 0.29) is 11.9 Å². The minimum absolute atomic E-state index is 0.0926. The summed E-state index contributed by atoms with van der Waals surface area (Å²) in [5.74, 6) is 0.0926. The number of rotatable bonds is 4. The fourth-order valence-electron chi connectivity index (χ4n) is 3.22. The van der Waals surface area contributed by atoms with Gasteiger partial charge in [0.2, 0.25) is 0 Å². The SMILES string of the molecule is O=C(c1cccc(Cn2cccn2)c1)N1CCC[C@@H]1c1nccs1. The molecule has 1 amide bonds. The number of aromatic nitrogens is 3. The maximum Gasteiger partial charge on any atom is 0.254 e. The van der Waals surface area contributed by atoms with Crippen LogP contribution in [0.1, 0.15) is 39.8 Å². The monoisotopic (exact) mass is 338 g/mol. The molecule has 1 fully saturated rings. The van der Waals surface area contributed by atoms with Crippen molar-refractivity contribution in [2.75, 3.05) is 6.54 Å². The summed E-state index contributed by atoms with van der Waals surface area (Å²) in [5, 5.41) is 7.23. The summed E-state index contributed by atoms with van der Waals surface area (Å²) in [7, 11) is 0. The highest BCUT2D eigenvalue weighted by atomic mass is 32.1. The quantitative estimate of drug-likeness (QED) is 0.733. The number of benzene rings is 1. The lowest BCUT2D eigenvalue weighted by atomic mass is 10.1. The van der Waals surface area contributed by atoms with Crippen LogP contribution < -0.4 is 0 Å². The molecule has 1 saturated heterocycles. The van der Waals surface area contributed by atoms with Crippen LogP contribution in [-0.2, 0) is 6.54 Å². The predicted molar refractivity (Wildman–Crippen MR) is 92.9 cm³/mol. The summed E-state index contributed by atoms with van der Waals surface area (Å²) >= 11 is 1.63. The number of amides is 1. The van der Waals surface area contributed by atoms with Crippen LogP contribution in [0.4, 0.5) is 0 Å². The van der Waals surface area contributed by atoms with Gasteiger partial charge in [-0.05, 0) is 36.6 Å². The lowest BCUT2D eigenvalue weighted by Crippen LogP contribution is -2.30. The molecule has 2 aromatic heterocycles. The molecule has 1 aliphatic heterocycles. The average molecular weight is 338 g/mol. The van der Waals surface area contributed by atoms with Crippen LogP contribution in [0.5, 0.6) is 0 Å². The van der Waals surface area contributed by atoms with Crippen LogP contribution in [-0.4, -0.2) is 32.1 Å². The molecule has 0 N–H and O–H groups in total. The average Bonchev–Trinajstić information content (AvgIpc) is 3.35. The van der Waals surface area contributed by atoms with Crippen LogP contribution in [0.25, 0.3) is 0 Å². The van der Waals surface area contributed by atoms with Crippen LogP contribution in [0.15, 0.2) is 54.3 Å². The molecular weight excluding hydrogens is 320 g/mol. The van der Waals surface area contributed by atoms with Crippen molar-refractivity contribution in [3.8, 4) is 0 Å². The minimum Gasteiger partial charge on any atom is -0.329 e. The lowest BCUT2D eigenvalue weighted by Gasteiger charge is -2.23. The van der Waals surface area contributed by atoms with Crippen molar-refractivity contribution >= 4 is 17.2 Å². The maximum absolute atomic E-state index is 13.0. The predicted octanol–water partition coefficient (Wildman–Crippen LogP) is 3.37. The van der Waals surface area contributed by atoms with E-state index < -0.39 is 0 Å². The molecule has 0 saturated carbocycles. The van der Waals surface area contributed by atoms with Gasteiger partial charge < -0.3 is 4.90 Å². The van der Waals surface area contributed by atoms with Crippen molar-refractivity contribution in [1.29, 1.82) is 0 Å². The van der Waals surface area contributed by atoms with Crippen molar-refractivity contribution < 1.29 is 4.79 Å². The smallest absolute Gasteiger partial charge is 0.254 e. The Bertz CT molecular complexity index is 813. The van der Waals surface area contributed by atoms with E-state index >= 15 is 0 Å². The normalized spacial score (nSPS) is 17.3. The first kappa shape index (κ1) is 15.1. The van der Waals surface area contributed by atoms with Gasteiger partial charge in [0.05, 0.1) is 12.6 Å². The maximum atomic E-state index is 13.0. The van der Waals surface area contributed by atoms with Gasteiger partial charge in [-0.1, -0.05) is 12.1 Å². The number of carbonyl (C=O) groups is 1. The molecule has 4 rings (SSSR count). The molecule has 122 valence electrons. The van der Waals surface area contributed by atoms with Gasteiger partial charge in [-0.15, -0.1) is 11.3 Å². The molecule has 1 aromatic carbocycles. The molecule has 0 bridgehead atoms. The van der Waals surface area contributed by atoms with E-state index in [0.717, 1.165) is 35.5 Å². The summed E-state index contributed by atoms with van der Waals surface area (Å²) in [6.07, 6.45) is 7.52. The Balaban J connectivity index is 1.55. The summed E-state index contributed by atoms with van der Waals surface area (Å²) in [6, 6.07) is 9.86. The van der Waals surface area contributed by atoms with E-state index in [1.54, 1.807) is 17.5 Å². The number of hydrogen-bond donors (Lipinski definition) is 0. The topological polar surface area (TPSA) is 51.0 Å². The molecule has 6 heteroatoms. The van der Waals surface area contributed by atoms with Gasteiger partial charge in [0.15, 0.2) is 0 Å². The Kier molecular flexibility index (Phi) is 4.13. The highest BCUT2D eigenvalue weighted by molar-refractivity contribution is 7.09. The fraction of sp³-hybridized carbons (Fsp3) is 0.278. The zero-order valence-electron chi connectivity index (χ0n) is 13.2. The molecule has 24 heavy (non-hydrogen) atoms. The summed E-state index contributed by atoms with van der Waals surface area (Å²) in [6.45, 7) is 1.47. The van der Waals surface area contributed by atoms with Gasteiger partial charge in [0.25, 0.3) is 5.91 Å². The van der Waals surface area contributed by atoms with E-state index in [1.807, 2.05) is 57.7 Å². The molecule has 5 nitrogen and oxygen atoms in total. The molecule has 0 radical (unpaired) electrons. The second kappa shape index (κ2) is 6.57. The largest absolute Gasteiger partial charge is 0.329 e. The van der Waals surface area contributed by atoms with Crippen LogP contribution in [0.3, 0.4) is 0 Å². The second-order valence-corrected chi connectivity index (χ2v) is 6.86. The first-order valence-corrected chi connectivity index (χ1v) is 8.96. The number of carbonyl (C=O) groups excluding carboxylic acids is 1. The Labute approximate surface area is 144 Å². The first-order chi connectivity index (χ1) is 11.8. The van der Waals surface area contributed by atoms with Gasteiger partial charge in [0.1, 0.15) is 5.01 Å². The van der Waals surface area contributed by atoms with E-state index in [4.69, 9.17) is 0 Å². The highest BCUT2D eigenvalue weighted by Crippen LogP contribution is 2.34. The molecule has 1 atom stereocenters. The summed E-state index contributed by atoms with van der Waals surface area (Å²) in [4.78, 5) is 19.4. The lowest BCUT2D eigenvalue weighted by molar-refractivity contribution is 0.0735. The van der Waals surface area contributed by atoms with E-state index in [1.165, 1.54) is 0 Å². The third-order valence-electron chi connectivity index (χ3n) is 4.33. The Morgan fingerprint density at radius 1 is 1.29 bits per heavy atom. The van der Waals surface area contributed by atoms with Crippen LogP contribution in [0, 0.1) is 0 Å². The van der Waals surface area contributed by atoms with Gasteiger partial charge in [-0.25, -0.2) is 4.98 Å². The molecule has 0 spiro atoms. The second-order valence-electron chi connectivity index (χ2n) is 5.93. The summed E-state index contributed by atoms with van der Waals surface area (Å²) < 4.78 is 1.86. The highest BCUT2D eigenvalue weighted by Gasteiger charge is 2.32. The van der Waals surface area contributed by atoms with Crippen molar-refractivity contribution in [3.63, 3.8) is 0 Å². The molecule has 3 aromatic rings. The van der Waals surface area contributed by atoms with Crippen molar-refractivity contribution in [2.24, 2.45) is 0 Å². The van der Waals surface area contributed by atoms with Gasteiger partial charge in [-0.3, -0.25) is 9.48 Å².